The number of carbonyl (C=O) groups excluding carboxylic acids is 2. The summed E-state index contributed by atoms with van der Waals surface area (Å²) in [7, 11) is 1.43. The third-order valence-corrected chi connectivity index (χ3v) is 6.28. The van der Waals surface area contributed by atoms with Crippen molar-refractivity contribution in [2.24, 2.45) is 0 Å². The summed E-state index contributed by atoms with van der Waals surface area (Å²) in [5.74, 6) is -1.55. The lowest BCUT2D eigenvalue weighted by atomic mass is 10.0. The van der Waals surface area contributed by atoms with Gasteiger partial charge in [-0.3, -0.25) is 9.59 Å². The standard InChI is InChI=1S/C22H14ClF3IN5O2/c1-28-20(33)13-9-11-5-2-3-6-12(11)17(27)18(13)30-21(34)15-10-16(22(24,25)26)31-32(15)19-14(23)7-4-8-29-19/h2-10H,1H3,(H,28,33)(H,30,34). The van der Waals surface area contributed by atoms with Gasteiger partial charge in [0.05, 0.1) is 16.3 Å². The molecule has 0 aliphatic heterocycles. The van der Waals surface area contributed by atoms with Crippen molar-refractivity contribution in [3.8, 4) is 5.82 Å². The molecule has 2 aromatic carbocycles. The Morgan fingerprint density at radius 1 is 1.09 bits per heavy atom. The van der Waals surface area contributed by atoms with E-state index in [1.54, 1.807) is 24.3 Å². The Bertz CT molecular complexity index is 1440. The first-order valence-electron chi connectivity index (χ1n) is 9.64. The second-order valence-corrected chi connectivity index (χ2v) is 8.49. The smallest absolute Gasteiger partial charge is 0.355 e. The van der Waals surface area contributed by atoms with Gasteiger partial charge in [0, 0.05) is 22.9 Å². The third-order valence-electron chi connectivity index (χ3n) is 4.87. The van der Waals surface area contributed by atoms with Gasteiger partial charge in [-0.15, -0.1) is 0 Å². The highest BCUT2D eigenvalue weighted by Gasteiger charge is 2.37. The highest BCUT2D eigenvalue weighted by Crippen LogP contribution is 2.34. The van der Waals surface area contributed by atoms with Gasteiger partial charge in [0.2, 0.25) is 0 Å². The van der Waals surface area contributed by atoms with Gasteiger partial charge in [0.15, 0.2) is 11.5 Å². The first-order chi connectivity index (χ1) is 16.1. The summed E-state index contributed by atoms with van der Waals surface area (Å²) in [5.41, 5.74) is -1.45. The van der Waals surface area contributed by atoms with Crippen LogP contribution in [0.25, 0.3) is 16.6 Å². The lowest BCUT2D eigenvalue weighted by Crippen LogP contribution is -2.23. The van der Waals surface area contributed by atoms with Gasteiger partial charge < -0.3 is 10.6 Å². The van der Waals surface area contributed by atoms with E-state index in [0.29, 0.717) is 9.64 Å². The zero-order valence-corrected chi connectivity index (χ0v) is 20.2. The van der Waals surface area contributed by atoms with Crippen LogP contribution in [0.4, 0.5) is 18.9 Å². The van der Waals surface area contributed by atoms with E-state index in [9.17, 15) is 22.8 Å². The second kappa shape index (κ2) is 9.22. The van der Waals surface area contributed by atoms with Crippen molar-refractivity contribution < 1.29 is 22.8 Å². The van der Waals surface area contributed by atoms with E-state index in [4.69, 9.17) is 11.6 Å². The van der Waals surface area contributed by atoms with Crippen LogP contribution in [0.1, 0.15) is 26.5 Å². The SMILES string of the molecule is CNC(=O)c1cc2ccccc2c(I)c1NC(=O)c1cc(C(F)(F)F)nn1-c1ncccc1Cl. The van der Waals surface area contributed by atoms with Crippen molar-refractivity contribution in [2.75, 3.05) is 12.4 Å². The van der Waals surface area contributed by atoms with E-state index >= 15 is 0 Å². The zero-order valence-electron chi connectivity index (χ0n) is 17.2. The molecule has 0 unspecified atom stereocenters. The number of hydrogen-bond donors (Lipinski definition) is 2. The van der Waals surface area contributed by atoms with Crippen LogP contribution in [0.2, 0.25) is 5.02 Å². The average Bonchev–Trinajstić information content (AvgIpc) is 3.26. The molecule has 0 spiro atoms. The number of alkyl halides is 3. The number of benzene rings is 2. The quantitative estimate of drug-likeness (QED) is 0.311. The van der Waals surface area contributed by atoms with Gasteiger partial charge in [-0.05, 0) is 51.6 Å². The minimum atomic E-state index is -4.81. The zero-order chi connectivity index (χ0) is 24.6. The first kappa shape index (κ1) is 24.0. The van der Waals surface area contributed by atoms with Crippen molar-refractivity contribution in [2.45, 2.75) is 6.18 Å². The Morgan fingerprint density at radius 2 is 1.82 bits per heavy atom. The number of nitrogens with one attached hydrogen (secondary N) is 2. The van der Waals surface area contributed by atoms with Crippen molar-refractivity contribution in [1.29, 1.82) is 0 Å². The number of rotatable bonds is 4. The summed E-state index contributed by atoms with van der Waals surface area (Å²) in [6.45, 7) is 0. The molecule has 4 aromatic rings. The molecule has 4 rings (SSSR count). The van der Waals surface area contributed by atoms with E-state index in [1.807, 2.05) is 28.7 Å². The molecule has 0 atom stereocenters. The lowest BCUT2D eigenvalue weighted by Gasteiger charge is -2.15. The molecule has 0 bridgehead atoms. The molecule has 7 nitrogen and oxygen atoms in total. The predicted molar refractivity (Wildman–Crippen MR) is 129 cm³/mol. The molecule has 0 saturated carbocycles. The highest BCUT2D eigenvalue weighted by molar-refractivity contribution is 14.1. The number of amides is 2. The summed E-state index contributed by atoms with van der Waals surface area (Å²) in [6.07, 6.45) is -3.50. The molecule has 2 aromatic heterocycles. The van der Waals surface area contributed by atoms with E-state index in [2.05, 4.69) is 20.7 Å². The molecular weight excluding hydrogens is 586 g/mol. The van der Waals surface area contributed by atoms with Crippen LogP contribution >= 0.6 is 34.2 Å². The van der Waals surface area contributed by atoms with Gasteiger partial charge in [0.1, 0.15) is 5.69 Å². The highest BCUT2D eigenvalue weighted by atomic mass is 127. The summed E-state index contributed by atoms with van der Waals surface area (Å²) in [4.78, 5) is 29.8. The van der Waals surface area contributed by atoms with Crippen molar-refractivity contribution >= 4 is 62.5 Å². The Balaban J connectivity index is 1.87. The molecule has 0 aliphatic rings. The van der Waals surface area contributed by atoms with E-state index in [0.717, 1.165) is 15.5 Å². The van der Waals surface area contributed by atoms with Gasteiger partial charge in [-0.1, -0.05) is 35.9 Å². The van der Waals surface area contributed by atoms with Gasteiger partial charge in [-0.25, -0.2) is 9.67 Å². The number of aromatic nitrogens is 3. The number of hydrogen-bond acceptors (Lipinski definition) is 4. The van der Waals surface area contributed by atoms with Crippen LogP contribution in [-0.4, -0.2) is 33.6 Å². The van der Waals surface area contributed by atoms with E-state index < -0.39 is 29.4 Å². The molecule has 0 aliphatic carbocycles. The molecule has 2 heterocycles. The molecule has 0 radical (unpaired) electrons. The van der Waals surface area contributed by atoms with Gasteiger partial charge in [-0.2, -0.15) is 18.3 Å². The maximum Gasteiger partial charge on any atom is 0.435 e. The minimum absolute atomic E-state index is 0.000269. The Hall–Kier alpha value is -3.19. The van der Waals surface area contributed by atoms with Crippen LogP contribution < -0.4 is 10.6 Å². The fourth-order valence-corrected chi connectivity index (χ4v) is 4.41. The Kier molecular flexibility index (Phi) is 6.49. The fraction of sp³-hybridized carbons (Fsp3) is 0.0909. The Morgan fingerprint density at radius 3 is 2.50 bits per heavy atom. The molecule has 12 heteroatoms. The number of pyridine rings is 1. The normalized spacial score (nSPS) is 11.5. The molecule has 0 saturated heterocycles. The van der Waals surface area contributed by atoms with Gasteiger partial charge >= 0.3 is 6.18 Å². The molecule has 34 heavy (non-hydrogen) atoms. The number of nitrogens with zero attached hydrogens (tertiary/aromatic N) is 3. The first-order valence-corrected chi connectivity index (χ1v) is 11.1. The number of carbonyl (C=O) groups is 2. The van der Waals surface area contributed by atoms with Crippen LogP contribution in [0, 0.1) is 3.57 Å². The largest absolute Gasteiger partial charge is 0.435 e. The minimum Gasteiger partial charge on any atom is -0.355 e. The van der Waals surface area contributed by atoms with Crippen LogP contribution in [0.15, 0.2) is 54.7 Å². The monoisotopic (exact) mass is 599 g/mol. The summed E-state index contributed by atoms with van der Waals surface area (Å²) >= 11 is 8.08. The number of halogens is 5. The van der Waals surface area contributed by atoms with Gasteiger partial charge in [0.25, 0.3) is 11.8 Å². The number of fused-ring (bicyclic) bond motifs is 1. The summed E-state index contributed by atoms with van der Waals surface area (Å²) in [6, 6.07) is 12.3. The maximum atomic E-state index is 13.4. The van der Waals surface area contributed by atoms with Crippen LogP contribution in [0.5, 0.6) is 0 Å². The van der Waals surface area contributed by atoms with Crippen molar-refractivity contribution in [1.82, 2.24) is 20.1 Å². The lowest BCUT2D eigenvalue weighted by molar-refractivity contribution is -0.141. The van der Waals surface area contributed by atoms with E-state index in [1.165, 1.54) is 25.4 Å². The van der Waals surface area contributed by atoms with Crippen LogP contribution in [0.3, 0.4) is 0 Å². The van der Waals surface area contributed by atoms with Crippen LogP contribution in [-0.2, 0) is 6.18 Å². The van der Waals surface area contributed by atoms with Crippen molar-refractivity contribution in [3.63, 3.8) is 0 Å². The molecule has 2 amide bonds. The average molecular weight is 600 g/mol. The van der Waals surface area contributed by atoms with Crippen molar-refractivity contribution in [3.05, 3.63) is 80.3 Å². The fourth-order valence-electron chi connectivity index (χ4n) is 3.29. The second-order valence-electron chi connectivity index (χ2n) is 7.00. The summed E-state index contributed by atoms with van der Waals surface area (Å²) in [5, 5.41) is 10.1. The summed E-state index contributed by atoms with van der Waals surface area (Å²) < 4.78 is 41.6. The topological polar surface area (TPSA) is 88.9 Å². The molecule has 2 N–H and O–H groups in total. The molecular formula is C22H14ClF3IN5O2. The molecule has 174 valence electrons. The van der Waals surface area contributed by atoms with E-state index in [-0.39, 0.29) is 22.1 Å². The maximum absolute atomic E-state index is 13.4. The number of anilines is 1. The molecule has 0 fully saturated rings. The third kappa shape index (κ3) is 4.44. The predicted octanol–water partition coefficient (Wildman–Crippen LogP) is 5.31. The Labute approximate surface area is 209 Å².